The predicted octanol–water partition coefficient (Wildman–Crippen LogP) is 8.73. The number of alkyl halides is 5. The van der Waals surface area contributed by atoms with Gasteiger partial charge in [-0.2, -0.15) is 32.5 Å². The Labute approximate surface area is 234 Å². The van der Waals surface area contributed by atoms with Gasteiger partial charge in [-0.15, -0.1) is 0 Å². The van der Waals surface area contributed by atoms with Gasteiger partial charge in [0.1, 0.15) is 17.5 Å². The zero-order valence-corrected chi connectivity index (χ0v) is 21.1. The van der Waals surface area contributed by atoms with E-state index in [0.717, 1.165) is 66.7 Å². The smallest absolute Gasteiger partial charge is 0.290 e. The molecular weight excluding hydrogens is 568 g/mol. The molecule has 4 rings (SSSR count). The Morgan fingerprint density at radius 1 is 0.667 bits per heavy atom. The van der Waals surface area contributed by atoms with Crippen molar-refractivity contribution in [3.05, 3.63) is 136 Å². The van der Waals surface area contributed by atoms with Crippen molar-refractivity contribution in [3.8, 4) is 23.3 Å². The average molecular weight is 584 g/mol. The summed E-state index contributed by atoms with van der Waals surface area (Å²) in [5.74, 6) is -4.12. The fourth-order valence-electron chi connectivity index (χ4n) is 4.37. The van der Waals surface area contributed by atoms with E-state index in [-0.39, 0.29) is 16.7 Å². The van der Waals surface area contributed by atoms with Crippen LogP contribution in [0.5, 0.6) is 0 Å². The second-order valence-corrected chi connectivity index (χ2v) is 8.93. The van der Waals surface area contributed by atoms with Crippen molar-refractivity contribution in [3.63, 3.8) is 0 Å². The number of ether oxygens (including phenoxy) is 1. The molecular formula is C31H16F8N2O. The standard InChI is InChI=1S/C31H16F8N2O/c1-2-18-13-26(33)28(27(34)14-18)21-7-12-24(25(32)15-21)30(35,36)42-29(31(37,38)39,22-8-3-19(16-40)4-9-22)23-10-5-20(17-41)6-11-23/h2-15H,1H2. The summed E-state index contributed by atoms with van der Waals surface area (Å²) in [5.41, 5.74) is -8.68. The van der Waals surface area contributed by atoms with Crippen LogP contribution in [-0.2, 0) is 16.4 Å². The van der Waals surface area contributed by atoms with Crippen LogP contribution in [0.3, 0.4) is 0 Å². The topological polar surface area (TPSA) is 56.8 Å². The number of nitrogens with zero attached hydrogens (tertiary/aromatic N) is 2. The van der Waals surface area contributed by atoms with E-state index in [1.165, 1.54) is 0 Å². The summed E-state index contributed by atoms with van der Waals surface area (Å²) < 4.78 is 125. The van der Waals surface area contributed by atoms with Crippen LogP contribution < -0.4 is 0 Å². The molecule has 0 aliphatic rings. The number of benzene rings is 4. The molecule has 4 aromatic carbocycles. The van der Waals surface area contributed by atoms with Crippen LogP contribution in [-0.4, -0.2) is 6.18 Å². The van der Waals surface area contributed by atoms with E-state index in [1.54, 1.807) is 12.1 Å². The lowest BCUT2D eigenvalue weighted by Gasteiger charge is -2.39. The lowest BCUT2D eigenvalue weighted by molar-refractivity contribution is -0.371. The molecule has 0 atom stereocenters. The maximum absolute atomic E-state index is 15.7. The normalized spacial score (nSPS) is 12.0. The molecule has 0 fully saturated rings. The maximum atomic E-state index is 15.7. The molecule has 0 N–H and O–H groups in total. The summed E-state index contributed by atoms with van der Waals surface area (Å²) in [5, 5.41) is 18.1. The number of halogens is 8. The first-order valence-corrected chi connectivity index (χ1v) is 11.8. The first kappa shape index (κ1) is 30.0. The maximum Gasteiger partial charge on any atom is 0.426 e. The number of nitriles is 2. The third-order valence-corrected chi connectivity index (χ3v) is 6.39. The fourth-order valence-corrected chi connectivity index (χ4v) is 4.37. The summed E-state index contributed by atoms with van der Waals surface area (Å²) in [6, 6.07) is 13.4. The van der Waals surface area contributed by atoms with Crippen molar-refractivity contribution in [2.45, 2.75) is 17.9 Å². The van der Waals surface area contributed by atoms with Crippen LogP contribution in [0, 0.1) is 40.1 Å². The van der Waals surface area contributed by atoms with Crippen molar-refractivity contribution >= 4 is 6.08 Å². The number of rotatable bonds is 7. The molecule has 0 radical (unpaired) electrons. The molecule has 0 bridgehead atoms. The highest BCUT2D eigenvalue weighted by Gasteiger charge is 2.63. The van der Waals surface area contributed by atoms with Gasteiger partial charge in [0.15, 0.2) is 0 Å². The van der Waals surface area contributed by atoms with Gasteiger partial charge in [0.2, 0.25) is 5.60 Å². The predicted molar refractivity (Wildman–Crippen MR) is 136 cm³/mol. The van der Waals surface area contributed by atoms with Gasteiger partial charge in [-0.1, -0.05) is 43.0 Å². The molecule has 0 unspecified atom stereocenters. The van der Waals surface area contributed by atoms with Crippen LogP contribution in [0.25, 0.3) is 17.2 Å². The minimum atomic E-state index is -5.60. The molecule has 0 spiro atoms. The third kappa shape index (κ3) is 5.35. The average Bonchev–Trinajstić information content (AvgIpc) is 2.95. The first-order valence-electron chi connectivity index (χ1n) is 11.8. The summed E-state index contributed by atoms with van der Waals surface area (Å²) in [6.45, 7) is 3.38. The lowest BCUT2D eigenvalue weighted by Crippen LogP contribution is -2.49. The van der Waals surface area contributed by atoms with Gasteiger partial charge in [0.05, 0.1) is 34.4 Å². The Bertz CT molecular complexity index is 1650. The van der Waals surface area contributed by atoms with E-state index in [1.807, 2.05) is 0 Å². The van der Waals surface area contributed by atoms with Gasteiger partial charge in [0.25, 0.3) is 0 Å². The molecule has 0 aliphatic heterocycles. The SMILES string of the molecule is C=Cc1cc(F)c(-c2ccc(C(F)(F)OC(c3ccc(C#N)cc3)(c3ccc(C#N)cc3)C(F)(F)F)c(F)c2)c(F)c1. The molecule has 0 saturated carbocycles. The van der Waals surface area contributed by atoms with Crippen molar-refractivity contribution in [1.29, 1.82) is 10.5 Å². The number of hydrogen-bond donors (Lipinski definition) is 0. The molecule has 0 aliphatic carbocycles. The fraction of sp³-hybridized carbons (Fsp3) is 0.0968. The van der Waals surface area contributed by atoms with Gasteiger partial charge in [0, 0.05) is 0 Å². The van der Waals surface area contributed by atoms with Crippen molar-refractivity contribution < 1.29 is 39.9 Å². The molecule has 42 heavy (non-hydrogen) atoms. The van der Waals surface area contributed by atoms with E-state index >= 15 is 13.2 Å². The van der Waals surface area contributed by atoms with Crippen LogP contribution in [0.2, 0.25) is 0 Å². The molecule has 11 heteroatoms. The minimum absolute atomic E-state index is 0.0554. The van der Waals surface area contributed by atoms with Crippen LogP contribution >= 0.6 is 0 Å². The van der Waals surface area contributed by atoms with E-state index in [4.69, 9.17) is 10.5 Å². The van der Waals surface area contributed by atoms with E-state index in [0.29, 0.717) is 18.2 Å². The van der Waals surface area contributed by atoms with Gasteiger partial charge in [-0.3, -0.25) is 4.74 Å². The molecule has 0 amide bonds. The monoisotopic (exact) mass is 584 g/mol. The van der Waals surface area contributed by atoms with E-state index < -0.39 is 63.2 Å². The Kier molecular flexibility index (Phi) is 7.93. The minimum Gasteiger partial charge on any atom is -0.290 e. The second-order valence-electron chi connectivity index (χ2n) is 8.93. The summed E-state index contributed by atoms with van der Waals surface area (Å²) in [6.07, 6.45) is -9.44. The molecule has 0 saturated heterocycles. The van der Waals surface area contributed by atoms with E-state index in [2.05, 4.69) is 11.3 Å². The van der Waals surface area contributed by atoms with Crippen molar-refractivity contribution in [1.82, 2.24) is 0 Å². The van der Waals surface area contributed by atoms with Crippen LogP contribution in [0.1, 0.15) is 33.4 Å². The quantitative estimate of drug-likeness (QED) is 0.204. The molecule has 3 nitrogen and oxygen atoms in total. The van der Waals surface area contributed by atoms with E-state index in [9.17, 15) is 22.0 Å². The van der Waals surface area contributed by atoms with Gasteiger partial charge < -0.3 is 0 Å². The Hall–Kier alpha value is -5.00. The van der Waals surface area contributed by atoms with Crippen molar-refractivity contribution in [2.75, 3.05) is 0 Å². The Morgan fingerprint density at radius 3 is 1.52 bits per heavy atom. The van der Waals surface area contributed by atoms with Crippen LogP contribution in [0.15, 0.2) is 85.4 Å². The molecule has 0 heterocycles. The number of hydrogen-bond acceptors (Lipinski definition) is 3. The summed E-state index contributed by atoms with van der Waals surface area (Å²) in [4.78, 5) is 0. The largest absolute Gasteiger partial charge is 0.426 e. The summed E-state index contributed by atoms with van der Waals surface area (Å²) in [7, 11) is 0. The van der Waals surface area contributed by atoms with Gasteiger partial charge in [-0.05, 0) is 70.8 Å². The Balaban J connectivity index is 1.88. The summed E-state index contributed by atoms with van der Waals surface area (Å²) >= 11 is 0. The van der Waals surface area contributed by atoms with Gasteiger partial charge >= 0.3 is 12.3 Å². The molecule has 0 aromatic heterocycles. The molecule has 4 aromatic rings. The van der Waals surface area contributed by atoms with Gasteiger partial charge in [-0.25, -0.2) is 13.2 Å². The Morgan fingerprint density at radius 2 is 1.14 bits per heavy atom. The van der Waals surface area contributed by atoms with Crippen molar-refractivity contribution in [2.24, 2.45) is 0 Å². The highest BCUT2D eigenvalue weighted by molar-refractivity contribution is 5.67. The second kappa shape index (κ2) is 11.1. The lowest BCUT2D eigenvalue weighted by atomic mass is 9.84. The first-order chi connectivity index (χ1) is 19.8. The third-order valence-electron chi connectivity index (χ3n) is 6.39. The highest BCUT2D eigenvalue weighted by Crippen LogP contribution is 2.52. The van der Waals surface area contributed by atoms with Crippen LogP contribution in [0.4, 0.5) is 35.1 Å². The zero-order chi connectivity index (χ0) is 30.9. The molecule has 212 valence electrons. The zero-order valence-electron chi connectivity index (χ0n) is 21.1. The highest BCUT2D eigenvalue weighted by atomic mass is 19.4.